The second-order valence-electron chi connectivity index (χ2n) is 14.5. The fraction of sp³-hybridized carbons (Fsp3) is 0.730. The number of carbonyl (C=O) groups excluding carboxylic acids is 4. The number of ether oxygens (including phenoxy) is 1. The Morgan fingerprint density at radius 3 is 2.21 bits per heavy atom. The molecule has 4 amide bonds. The lowest BCUT2D eigenvalue weighted by Crippen LogP contribution is -2.54. The number of hydrogen-bond acceptors (Lipinski definition) is 7. The average molecular weight is 672 g/mol. The largest absolute Gasteiger partial charge is 0.378 e. The van der Waals surface area contributed by atoms with E-state index in [-0.39, 0.29) is 65.9 Å². The summed E-state index contributed by atoms with van der Waals surface area (Å²) >= 11 is 0. The van der Waals surface area contributed by atoms with Crippen molar-refractivity contribution in [2.24, 2.45) is 28.8 Å². The number of likely N-dealkylation sites (tertiary alicyclic amines) is 1. The third kappa shape index (κ3) is 11.7. The van der Waals surface area contributed by atoms with Crippen LogP contribution >= 0.6 is 0 Å². The lowest BCUT2D eigenvalue weighted by atomic mass is 9.91. The molecular weight excluding hydrogens is 610 g/mol. The first-order chi connectivity index (χ1) is 22.6. The number of nitrogens with one attached hydrogen (secondary N) is 2. The molecule has 0 unspecified atom stereocenters. The number of carbonyl (C=O) groups is 4. The summed E-state index contributed by atoms with van der Waals surface area (Å²) in [7, 11) is 3.37. The van der Waals surface area contributed by atoms with Gasteiger partial charge < -0.3 is 25.2 Å². The van der Waals surface area contributed by atoms with Gasteiger partial charge in [-0.25, -0.2) is 0 Å². The second kappa shape index (κ2) is 19.6. The molecular formula is C37H61N5O6. The van der Waals surface area contributed by atoms with E-state index in [1.807, 2.05) is 58.6 Å². The van der Waals surface area contributed by atoms with Crippen LogP contribution in [-0.4, -0.2) is 84.4 Å². The number of rotatable bonds is 19. The number of hydrogen-bond donors (Lipinski definition) is 2. The van der Waals surface area contributed by atoms with Gasteiger partial charge in [-0.1, -0.05) is 67.0 Å². The Kier molecular flexibility index (Phi) is 16.7. The van der Waals surface area contributed by atoms with E-state index >= 15 is 0 Å². The van der Waals surface area contributed by atoms with Crippen molar-refractivity contribution in [3.05, 3.63) is 34.7 Å². The molecule has 0 spiro atoms. The lowest BCUT2D eigenvalue weighted by molar-refractivity contribution is -0.142. The summed E-state index contributed by atoms with van der Waals surface area (Å²) in [4.78, 5) is 67.8. The Labute approximate surface area is 288 Å². The smallest absolute Gasteiger partial charge is 0.245 e. The molecule has 0 saturated carbocycles. The highest BCUT2D eigenvalue weighted by atomic mass is 16.5. The van der Waals surface area contributed by atoms with Crippen LogP contribution < -0.4 is 10.6 Å². The van der Waals surface area contributed by atoms with Crippen LogP contribution in [0.25, 0.3) is 0 Å². The Bertz CT molecular complexity index is 1210. The van der Waals surface area contributed by atoms with Crippen LogP contribution in [0, 0.1) is 28.6 Å². The van der Waals surface area contributed by atoms with E-state index in [2.05, 4.69) is 29.7 Å². The monoisotopic (exact) mass is 671 g/mol. The molecule has 270 valence electrons. The quantitative estimate of drug-likeness (QED) is 0.183. The predicted molar refractivity (Wildman–Crippen MR) is 189 cm³/mol. The van der Waals surface area contributed by atoms with Crippen LogP contribution in [0.3, 0.4) is 0 Å². The molecule has 0 radical (unpaired) electrons. The third-order valence-electron chi connectivity index (χ3n) is 9.79. The highest BCUT2D eigenvalue weighted by Gasteiger charge is 2.40. The lowest BCUT2D eigenvalue weighted by Gasteiger charge is -2.37. The van der Waals surface area contributed by atoms with Crippen molar-refractivity contribution in [3.8, 4) is 0 Å². The highest BCUT2D eigenvalue weighted by molar-refractivity contribution is 5.88. The van der Waals surface area contributed by atoms with Gasteiger partial charge in [0.2, 0.25) is 23.6 Å². The summed E-state index contributed by atoms with van der Waals surface area (Å²) in [5.41, 5.74) is 1.35. The summed E-state index contributed by atoms with van der Waals surface area (Å²) in [6.07, 6.45) is 3.66. The van der Waals surface area contributed by atoms with Gasteiger partial charge in [0.1, 0.15) is 11.7 Å². The van der Waals surface area contributed by atoms with Gasteiger partial charge in [0.05, 0.1) is 18.1 Å². The van der Waals surface area contributed by atoms with E-state index in [0.29, 0.717) is 31.5 Å². The molecule has 11 heteroatoms. The maximum atomic E-state index is 13.8. The van der Waals surface area contributed by atoms with Gasteiger partial charge in [0.15, 0.2) is 0 Å². The van der Waals surface area contributed by atoms with Crippen molar-refractivity contribution >= 4 is 29.3 Å². The van der Waals surface area contributed by atoms with Crippen LogP contribution in [0.1, 0.15) is 99.5 Å². The van der Waals surface area contributed by atoms with Crippen molar-refractivity contribution in [3.63, 3.8) is 0 Å². The first-order valence-electron chi connectivity index (χ1n) is 17.8. The Hall–Kier alpha value is -3.34. The van der Waals surface area contributed by atoms with E-state index in [9.17, 15) is 24.1 Å². The molecule has 2 N–H and O–H groups in total. The third-order valence-corrected chi connectivity index (χ3v) is 9.79. The maximum absolute atomic E-state index is 13.8. The first-order valence-corrected chi connectivity index (χ1v) is 17.8. The molecule has 1 aliphatic heterocycles. The summed E-state index contributed by atoms with van der Waals surface area (Å²) < 4.78 is 5.90. The number of nitroso groups, excluding NO2 is 1. The number of benzene rings is 1. The zero-order valence-electron chi connectivity index (χ0n) is 31.0. The minimum absolute atomic E-state index is 0.00594. The number of methoxy groups -OCH3 is 1. The molecule has 0 aromatic heterocycles. The molecule has 1 aromatic rings. The minimum Gasteiger partial charge on any atom is -0.378 e. The number of amides is 4. The fourth-order valence-corrected chi connectivity index (χ4v) is 6.81. The van der Waals surface area contributed by atoms with Crippen LogP contribution in [0.2, 0.25) is 0 Å². The Morgan fingerprint density at radius 2 is 1.67 bits per heavy atom. The van der Waals surface area contributed by atoms with Gasteiger partial charge in [0.25, 0.3) is 0 Å². The molecule has 0 aliphatic carbocycles. The molecule has 1 fully saturated rings. The number of likely N-dealkylation sites (N-methyl/N-ethyl adjacent to an activating group) is 1. The summed E-state index contributed by atoms with van der Waals surface area (Å²) in [5.74, 6) is -0.649. The van der Waals surface area contributed by atoms with Crippen molar-refractivity contribution in [2.45, 2.75) is 131 Å². The van der Waals surface area contributed by atoms with E-state index in [0.717, 1.165) is 24.8 Å². The fourth-order valence-electron chi connectivity index (χ4n) is 6.81. The molecule has 0 bridgehead atoms. The Morgan fingerprint density at radius 1 is 1.02 bits per heavy atom. The zero-order chi connectivity index (χ0) is 36.1. The van der Waals surface area contributed by atoms with Gasteiger partial charge in [-0.15, -0.1) is 4.91 Å². The van der Waals surface area contributed by atoms with Crippen molar-refractivity contribution in [1.29, 1.82) is 0 Å². The maximum Gasteiger partial charge on any atom is 0.245 e. The van der Waals surface area contributed by atoms with Gasteiger partial charge in [-0.2, -0.15) is 0 Å². The van der Waals surface area contributed by atoms with E-state index < -0.39 is 18.1 Å². The van der Waals surface area contributed by atoms with E-state index in [1.54, 1.807) is 31.2 Å². The molecule has 1 heterocycles. The molecule has 1 saturated heterocycles. The first kappa shape index (κ1) is 40.8. The molecule has 2 rings (SSSR count). The highest BCUT2D eigenvalue weighted by Crippen LogP contribution is 2.29. The zero-order valence-corrected chi connectivity index (χ0v) is 31.0. The predicted octanol–water partition coefficient (Wildman–Crippen LogP) is 5.61. The second-order valence-corrected chi connectivity index (χ2v) is 14.5. The average Bonchev–Trinajstić information content (AvgIpc) is 3.52. The van der Waals surface area contributed by atoms with Crippen molar-refractivity contribution in [1.82, 2.24) is 20.4 Å². The van der Waals surface area contributed by atoms with Crippen LogP contribution in [-0.2, 0) is 30.3 Å². The van der Waals surface area contributed by atoms with Crippen molar-refractivity contribution in [2.75, 3.05) is 20.7 Å². The van der Waals surface area contributed by atoms with Gasteiger partial charge in [-0.05, 0) is 73.2 Å². The molecule has 11 nitrogen and oxygen atoms in total. The van der Waals surface area contributed by atoms with Gasteiger partial charge in [0, 0.05) is 45.6 Å². The van der Waals surface area contributed by atoms with Crippen molar-refractivity contribution < 1.29 is 23.9 Å². The Balaban J connectivity index is 2.08. The summed E-state index contributed by atoms with van der Waals surface area (Å²) in [5, 5.41) is 8.98. The SMILES string of the molecule is CC[C@@H](C)[C@H](CCC(=O)N1CCC[C@H]1[C@H](OC)[C@@H](C)C(=O)N[C@@H](C)Cc1ccc(N=O)cc1)N(C)C(=O)[C@@H](NC(=O)CC(C)C)C(C)C. The standard InChI is InChI=1S/C37H61N5O6/c1-11-25(6)30(41(9)37(46)34(24(4)5)39-32(43)21-23(2)3)18-19-33(44)42-20-12-13-31(42)35(48-10)27(8)36(45)38-26(7)22-28-14-16-29(40-47)17-15-28/h14-17,23-27,30-31,34-35H,11-13,18-22H2,1-10H3,(H,38,45)(H,39,43)/t25-,26+,27-,30+,31+,34+,35-/m1/s1. The normalized spacial score (nSPS) is 18.5. The topological polar surface area (TPSA) is 137 Å². The van der Waals surface area contributed by atoms with Crippen LogP contribution in [0.4, 0.5) is 5.69 Å². The van der Waals surface area contributed by atoms with Gasteiger partial charge in [-0.3, -0.25) is 19.2 Å². The molecule has 1 aromatic carbocycles. The molecule has 48 heavy (non-hydrogen) atoms. The minimum atomic E-state index is -0.635. The van der Waals surface area contributed by atoms with E-state index in [1.165, 1.54) is 0 Å². The summed E-state index contributed by atoms with van der Waals surface area (Å²) in [6, 6.07) is 5.78. The summed E-state index contributed by atoms with van der Waals surface area (Å²) in [6.45, 7) is 16.4. The van der Waals surface area contributed by atoms with Gasteiger partial charge >= 0.3 is 0 Å². The molecule has 1 aliphatic rings. The van der Waals surface area contributed by atoms with Crippen LogP contribution in [0.5, 0.6) is 0 Å². The number of nitrogens with zero attached hydrogens (tertiary/aromatic N) is 3. The van der Waals surface area contributed by atoms with Crippen LogP contribution in [0.15, 0.2) is 29.4 Å². The van der Waals surface area contributed by atoms with E-state index in [4.69, 9.17) is 4.74 Å². The molecule has 7 atom stereocenters.